The van der Waals surface area contributed by atoms with E-state index in [1.54, 1.807) is 0 Å². The fourth-order valence-corrected chi connectivity index (χ4v) is 3.40. The van der Waals surface area contributed by atoms with Crippen molar-refractivity contribution >= 4 is 11.7 Å². The number of carbonyl (C=O) groups is 1. The zero-order valence-electron chi connectivity index (χ0n) is 13.9. The smallest absolute Gasteiger partial charge is 0.316 e. The molecule has 1 aliphatic rings. The molecule has 4 heteroatoms. The van der Waals surface area contributed by atoms with Gasteiger partial charge in [0.05, 0.1) is 0 Å². The molecule has 4 nitrogen and oxygen atoms in total. The minimum Gasteiger partial charge on any atom is -0.351 e. The van der Waals surface area contributed by atoms with E-state index >= 15 is 0 Å². The molecule has 0 heterocycles. The SMILES string of the molecule is CC(NC1CCC(C(C)C)CC1)c1ccc(NC(N)=O)cc1. The monoisotopic (exact) mass is 303 g/mol. The molecule has 122 valence electrons. The number of urea groups is 1. The molecule has 1 atom stereocenters. The fraction of sp³-hybridized carbons (Fsp3) is 0.611. The zero-order valence-corrected chi connectivity index (χ0v) is 13.9. The highest BCUT2D eigenvalue weighted by molar-refractivity contribution is 5.87. The number of carbonyl (C=O) groups excluding carboxylic acids is 1. The second-order valence-electron chi connectivity index (χ2n) is 6.86. The van der Waals surface area contributed by atoms with Crippen molar-refractivity contribution < 1.29 is 4.79 Å². The number of hydrogen-bond donors (Lipinski definition) is 3. The molecule has 2 rings (SSSR count). The first kappa shape index (κ1) is 16.8. The van der Waals surface area contributed by atoms with E-state index in [2.05, 4.69) is 31.4 Å². The van der Waals surface area contributed by atoms with E-state index in [0.29, 0.717) is 12.1 Å². The Bertz CT molecular complexity index is 476. The van der Waals surface area contributed by atoms with Crippen molar-refractivity contribution in [1.82, 2.24) is 5.32 Å². The molecule has 1 fully saturated rings. The molecule has 4 N–H and O–H groups in total. The van der Waals surface area contributed by atoms with Crippen LogP contribution in [0.5, 0.6) is 0 Å². The Balaban J connectivity index is 1.84. The van der Waals surface area contributed by atoms with Crippen LogP contribution < -0.4 is 16.4 Å². The summed E-state index contributed by atoms with van der Waals surface area (Å²) in [6.45, 7) is 6.87. The molecule has 1 aromatic rings. The standard InChI is InChI=1S/C18H29N3O/c1-12(2)14-4-8-16(9-5-14)20-13(3)15-6-10-17(11-7-15)21-18(19)22/h6-7,10-14,16,20H,4-5,8-9H2,1-3H3,(H3,19,21,22). The number of primary amides is 1. The highest BCUT2D eigenvalue weighted by Gasteiger charge is 2.24. The number of anilines is 1. The predicted octanol–water partition coefficient (Wildman–Crippen LogP) is 4.04. The number of rotatable bonds is 5. The summed E-state index contributed by atoms with van der Waals surface area (Å²) in [6, 6.07) is 8.30. The Morgan fingerprint density at radius 1 is 1.09 bits per heavy atom. The molecule has 0 spiro atoms. The first-order valence-corrected chi connectivity index (χ1v) is 8.38. The Labute approximate surface area is 133 Å². The van der Waals surface area contributed by atoms with E-state index in [-0.39, 0.29) is 0 Å². The van der Waals surface area contributed by atoms with E-state index < -0.39 is 6.03 Å². The second-order valence-corrected chi connectivity index (χ2v) is 6.86. The van der Waals surface area contributed by atoms with Crippen LogP contribution >= 0.6 is 0 Å². The first-order chi connectivity index (χ1) is 10.5. The Morgan fingerprint density at radius 2 is 1.68 bits per heavy atom. The quantitative estimate of drug-likeness (QED) is 0.768. The Morgan fingerprint density at radius 3 is 2.18 bits per heavy atom. The summed E-state index contributed by atoms with van der Waals surface area (Å²) in [5.74, 6) is 1.70. The van der Waals surface area contributed by atoms with Crippen molar-refractivity contribution in [2.24, 2.45) is 17.6 Å². The van der Waals surface area contributed by atoms with Gasteiger partial charge in [-0.2, -0.15) is 0 Å². The number of nitrogens with two attached hydrogens (primary N) is 1. The summed E-state index contributed by atoms with van der Waals surface area (Å²) in [6.07, 6.45) is 5.22. The number of benzene rings is 1. The van der Waals surface area contributed by atoms with Gasteiger partial charge in [0.25, 0.3) is 0 Å². The molecule has 0 aliphatic heterocycles. The molecular formula is C18H29N3O. The third-order valence-corrected chi connectivity index (χ3v) is 4.88. The topological polar surface area (TPSA) is 67.2 Å². The largest absolute Gasteiger partial charge is 0.351 e. The van der Waals surface area contributed by atoms with Gasteiger partial charge in [0.1, 0.15) is 0 Å². The van der Waals surface area contributed by atoms with Crippen LogP contribution in [0.1, 0.15) is 58.1 Å². The lowest BCUT2D eigenvalue weighted by Gasteiger charge is -2.33. The third kappa shape index (κ3) is 4.73. The molecule has 1 aliphatic carbocycles. The van der Waals surface area contributed by atoms with Gasteiger partial charge in [-0.15, -0.1) is 0 Å². The van der Waals surface area contributed by atoms with E-state index in [0.717, 1.165) is 17.5 Å². The lowest BCUT2D eigenvalue weighted by atomic mass is 9.79. The predicted molar refractivity (Wildman–Crippen MR) is 91.8 cm³/mol. The summed E-state index contributed by atoms with van der Waals surface area (Å²) in [5, 5.41) is 6.33. The van der Waals surface area contributed by atoms with Gasteiger partial charge in [0.2, 0.25) is 0 Å². The van der Waals surface area contributed by atoms with Crippen molar-refractivity contribution in [2.45, 2.75) is 58.5 Å². The van der Waals surface area contributed by atoms with Crippen LogP contribution in [0.15, 0.2) is 24.3 Å². The summed E-state index contributed by atoms with van der Waals surface area (Å²) in [7, 11) is 0. The number of nitrogens with one attached hydrogen (secondary N) is 2. The molecule has 0 bridgehead atoms. The molecule has 1 unspecified atom stereocenters. The van der Waals surface area contributed by atoms with Crippen molar-refractivity contribution in [3.05, 3.63) is 29.8 Å². The summed E-state index contributed by atoms with van der Waals surface area (Å²) in [5.41, 5.74) is 7.09. The van der Waals surface area contributed by atoms with E-state index in [4.69, 9.17) is 5.73 Å². The van der Waals surface area contributed by atoms with Crippen LogP contribution in [-0.2, 0) is 0 Å². The molecule has 0 radical (unpaired) electrons. The van der Waals surface area contributed by atoms with Crippen molar-refractivity contribution in [3.8, 4) is 0 Å². The van der Waals surface area contributed by atoms with E-state index in [1.165, 1.54) is 31.2 Å². The van der Waals surface area contributed by atoms with Gasteiger partial charge >= 0.3 is 6.03 Å². The third-order valence-electron chi connectivity index (χ3n) is 4.88. The average molecular weight is 303 g/mol. The lowest BCUT2D eigenvalue weighted by Crippen LogP contribution is -2.35. The molecule has 22 heavy (non-hydrogen) atoms. The van der Waals surface area contributed by atoms with Crippen LogP contribution in [0.4, 0.5) is 10.5 Å². The molecule has 0 aromatic heterocycles. The summed E-state index contributed by atoms with van der Waals surface area (Å²) < 4.78 is 0. The average Bonchev–Trinajstić information content (AvgIpc) is 2.48. The lowest BCUT2D eigenvalue weighted by molar-refractivity contribution is 0.231. The van der Waals surface area contributed by atoms with Gasteiger partial charge in [-0.1, -0.05) is 26.0 Å². The highest BCUT2D eigenvalue weighted by Crippen LogP contribution is 2.31. The Hall–Kier alpha value is -1.55. The maximum atomic E-state index is 10.8. The van der Waals surface area contributed by atoms with Crippen LogP contribution in [0.25, 0.3) is 0 Å². The molecule has 0 saturated heterocycles. The van der Waals surface area contributed by atoms with Gasteiger partial charge in [-0.25, -0.2) is 4.79 Å². The minimum atomic E-state index is -0.527. The summed E-state index contributed by atoms with van der Waals surface area (Å²) in [4.78, 5) is 10.8. The number of hydrogen-bond acceptors (Lipinski definition) is 2. The molecule has 1 saturated carbocycles. The normalized spacial score (nSPS) is 23.3. The summed E-state index contributed by atoms with van der Waals surface area (Å²) >= 11 is 0. The maximum Gasteiger partial charge on any atom is 0.316 e. The number of amides is 2. The van der Waals surface area contributed by atoms with Crippen molar-refractivity contribution in [1.29, 1.82) is 0 Å². The van der Waals surface area contributed by atoms with Crippen LogP contribution in [-0.4, -0.2) is 12.1 Å². The van der Waals surface area contributed by atoms with Crippen LogP contribution in [0.2, 0.25) is 0 Å². The molecular weight excluding hydrogens is 274 g/mol. The van der Waals surface area contributed by atoms with Crippen LogP contribution in [0.3, 0.4) is 0 Å². The first-order valence-electron chi connectivity index (χ1n) is 8.38. The van der Waals surface area contributed by atoms with Crippen LogP contribution in [0, 0.1) is 11.8 Å². The van der Waals surface area contributed by atoms with E-state index in [1.807, 2.05) is 24.3 Å². The zero-order chi connectivity index (χ0) is 16.1. The van der Waals surface area contributed by atoms with E-state index in [9.17, 15) is 4.79 Å². The van der Waals surface area contributed by atoms with Gasteiger partial charge in [-0.05, 0) is 62.1 Å². The maximum absolute atomic E-state index is 10.8. The highest BCUT2D eigenvalue weighted by atomic mass is 16.2. The van der Waals surface area contributed by atoms with Gasteiger partial charge in [0.15, 0.2) is 0 Å². The molecule has 2 amide bonds. The Kier molecular flexibility index (Phi) is 5.83. The molecule has 1 aromatic carbocycles. The van der Waals surface area contributed by atoms with Crippen molar-refractivity contribution in [3.63, 3.8) is 0 Å². The second kappa shape index (κ2) is 7.63. The minimum absolute atomic E-state index is 0.322. The van der Waals surface area contributed by atoms with Gasteiger partial charge in [0, 0.05) is 17.8 Å². The van der Waals surface area contributed by atoms with Crippen molar-refractivity contribution in [2.75, 3.05) is 5.32 Å². The van der Waals surface area contributed by atoms with Gasteiger partial charge in [-0.3, -0.25) is 0 Å². The van der Waals surface area contributed by atoms with Gasteiger partial charge < -0.3 is 16.4 Å². The fourth-order valence-electron chi connectivity index (χ4n) is 3.40.